The van der Waals surface area contributed by atoms with Crippen molar-refractivity contribution in [3.8, 4) is 0 Å². The van der Waals surface area contributed by atoms with E-state index in [0.717, 1.165) is 31.6 Å². The molecular formula is C12H18N2O3. The zero-order valence-electron chi connectivity index (χ0n) is 9.84. The first-order valence-electron chi connectivity index (χ1n) is 6.09. The second kappa shape index (κ2) is 5.82. The predicted octanol–water partition coefficient (Wildman–Crippen LogP) is 1.47. The molecule has 0 unspecified atom stereocenters. The van der Waals surface area contributed by atoms with E-state index in [4.69, 9.17) is 9.84 Å². The largest absolute Gasteiger partial charge is 0.481 e. The minimum atomic E-state index is -0.770. The highest BCUT2D eigenvalue weighted by molar-refractivity contribution is 5.67. The zero-order chi connectivity index (χ0) is 12.1. The molecule has 94 valence electrons. The van der Waals surface area contributed by atoms with E-state index < -0.39 is 5.97 Å². The molecule has 2 rings (SSSR count). The van der Waals surface area contributed by atoms with Crippen molar-refractivity contribution in [3.63, 3.8) is 0 Å². The van der Waals surface area contributed by atoms with E-state index >= 15 is 0 Å². The summed E-state index contributed by atoms with van der Waals surface area (Å²) in [4.78, 5) is 10.4. The van der Waals surface area contributed by atoms with Gasteiger partial charge in [0.05, 0.1) is 18.8 Å². The number of hydrogen-bond donors (Lipinski definition) is 1. The number of rotatable bonds is 5. The Hall–Kier alpha value is -1.36. The quantitative estimate of drug-likeness (QED) is 0.843. The van der Waals surface area contributed by atoms with Crippen LogP contribution in [0.5, 0.6) is 0 Å². The molecule has 1 N–H and O–H groups in total. The van der Waals surface area contributed by atoms with Crippen LogP contribution in [-0.2, 0) is 22.5 Å². The second-order valence-electron chi connectivity index (χ2n) is 4.45. The van der Waals surface area contributed by atoms with Gasteiger partial charge in [-0.1, -0.05) is 0 Å². The fraction of sp³-hybridized carbons (Fsp3) is 0.667. The van der Waals surface area contributed by atoms with E-state index in [1.165, 1.54) is 6.42 Å². The lowest BCUT2D eigenvalue weighted by atomic mass is 10.1. The standard InChI is InChI=1S/C12H18N2O3/c15-12(16)5-4-10-7-13-14(8-10)9-11-3-1-2-6-17-11/h7-8,11H,1-6,9H2,(H,15,16)/t11-/m0/s1. The van der Waals surface area contributed by atoms with E-state index in [0.29, 0.717) is 6.42 Å². The molecule has 1 aliphatic rings. The van der Waals surface area contributed by atoms with Crippen LogP contribution in [0.1, 0.15) is 31.2 Å². The predicted molar refractivity (Wildman–Crippen MR) is 61.8 cm³/mol. The highest BCUT2D eigenvalue weighted by Crippen LogP contribution is 2.14. The Morgan fingerprint density at radius 1 is 1.59 bits per heavy atom. The Kier molecular flexibility index (Phi) is 4.14. The van der Waals surface area contributed by atoms with Gasteiger partial charge >= 0.3 is 5.97 Å². The molecule has 1 aliphatic heterocycles. The Morgan fingerprint density at radius 2 is 2.47 bits per heavy atom. The SMILES string of the molecule is O=C(O)CCc1cnn(C[C@@H]2CCCCO2)c1. The lowest BCUT2D eigenvalue weighted by Gasteiger charge is -2.22. The Morgan fingerprint density at radius 3 is 3.18 bits per heavy atom. The molecule has 17 heavy (non-hydrogen) atoms. The maximum atomic E-state index is 10.4. The van der Waals surface area contributed by atoms with E-state index in [1.54, 1.807) is 6.20 Å². The molecule has 1 aromatic rings. The topological polar surface area (TPSA) is 64.3 Å². The van der Waals surface area contributed by atoms with Gasteiger partial charge in [0.15, 0.2) is 0 Å². The number of aromatic nitrogens is 2. The molecule has 0 amide bonds. The summed E-state index contributed by atoms with van der Waals surface area (Å²) in [6.45, 7) is 1.62. The lowest BCUT2D eigenvalue weighted by molar-refractivity contribution is -0.136. The Bertz CT molecular complexity index is 370. The molecule has 0 saturated carbocycles. The van der Waals surface area contributed by atoms with Gasteiger partial charge in [0.25, 0.3) is 0 Å². The van der Waals surface area contributed by atoms with Gasteiger partial charge in [-0.15, -0.1) is 0 Å². The van der Waals surface area contributed by atoms with Crippen LogP contribution < -0.4 is 0 Å². The summed E-state index contributed by atoms with van der Waals surface area (Å²) < 4.78 is 7.49. The molecular weight excluding hydrogens is 220 g/mol. The number of carboxylic acid groups (broad SMARTS) is 1. The van der Waals surface area contributed by atoms with Crippen LogP contribution in [0.2, 0.25) is 0 Å². The normalized spacial score (nSPS) is 20.4. The summed E-state index contributed by atoms with van der Waals surface area (Å²) in [5, 5.41) is 12.8. The first kappa shape index (κ1) is 12.1. The number of carboxylic acids is 1. The third-order valence-electron chi connectivity index (χ3n) is 2.98. The third-order valence-corrected chi connectivity index (χ3v) is 2.98. The van der Waals surface area contributed by atoms with E-state index in [9.17, 15) is 4.79 Å². The van der Waals surface area contributed by atoms with Crippen molar-refractivity contribution in [2.45, 2.75) is 44.8 Å². The molecule has 1 atom stereocenters. The van der Waals surface area contributed by atoms with Gasteiger partial charge in [-0.2, -0.15) is 5.10 Å². The molecule has 1 saturated heterocycles. The van der Waals surface area contributed by atoms with Crippen LogP contribution in [0.4, 0.5) is 0 Å². The highest BCUT2D eigenvalue weighted by atomic mass is 16.5. The maximum absolute atomic E-state index is 10.4. The molecule has 2 heterocycles. The van der Waals surface area contributed by atoms with Crippen LogP contribution in [0.15, 0.2) is 12.4 Å². The summed E-state index contributed by atoms with van der Waals surface area (Å²) in [7, 11) is 0. The molecule has 0 aliphatic carbocycles. The van der Waals surface area contributed by atoms with Crippen LogP contribution in [-0.4, -0.2) is 33.6 Å². The van der Waals surface area contributed by atoms with Gasteiger partial charge in [-0.3, -0.25) is 9.48 Å². The van der Waals surface area contributed by atoms with Gasteiger partial charge in [-0.05, 0) is 31.2 Å². The molecule has 1 aromatic heterocycles. The van der Waals surface area contributed by atoms with Gasteiger partial charge in [-0.25, -0.2) is 0 Å². The minimum absolute atomic E-state index is 0.158. The Labute approximate surface area is 100 Å². The summed E-state index contributed by atoms with van der Waals surface area (Å²) in [6, 6.07) is 0. The van der Waals surface area contributed by atoms with Crippen LogP contribution in [0.3, 0.4) is 0 Å². The van der Waals surface area contributed by atoms with Crippen molar-refractivity contribution >= 4 is 5.97 Å². The van der Waals surface area contributed by atoms with Gasteiger partial charge in [0.1, 0.15) is 0 Å². The van der Waals surface area contributed by atoms with Crippen LogP contribution in [0.25, 0.3) is 0 Å². The first-order valence-corrected chi connectivity index (χ1v) is 6.09. The summed E-state index contributed by atoms with van der Waals surface area (Å²) in [5.74, 6) is -0.770. The monoisotopic (exact) mass is 238 g/mol. The van der Waals surface area contributed by atoms with Crippen LogP contribution in [0, 0.1) is 0 Å². The molecule has 0 radical (unpaired) electrons. The van der Waals surface area contributed by atoms with Crippen molar-refractivity contribution in [1.82, 2.24) is 9.78 Å². The second-order valence-corrected chi connectivity index (χ2v) is 4.45. The molecule has 0 bridgehead atoms. The van der Waals surface area contributed by atoms with Crippen molar-refractivity contribution in [2.24, 2.45) is 0 Å². The van der Waals surface area contributed by atoms with Crippen LogP contribution >= 0.6 is 0 Å². The van der Waals surface area contributed by atoms with E-state index in [2.05, 4.69) is 5.10 Å². The first-order chi connectivity index (χ1) is 8.24. The van der Waals surface area contributed by atoms with Crippen molar-refractivity contribution in [2.75, 3.05) is 6.61 Å². The average molecular weight is 238 g/mol. The third kappa shape index (κ3) is 3.85. The molecule has 0 spiro atoms. The average Bonchev–Trinajstić information content (AvgIpc) is 2.75. The Balaban J connectivity index is 1.82. The van der Waals surface area contributed by atoms with E-state index in [1.807, 2.05) is 10.9 Å². The van der Waals surface area contributed by atoms with Crippen molar-refractivity contribution in [3.05, 3.63) is 18.0 Å². The van der Waals surface area contributed by atoms with Crippen molar-refractivity contribution < 1.29 is 14.6 Å². The number of ether oxygens (including phenoxy) is 1. The lowest BCUT2D eigenvalue weighted by Crippen LogP contribution is -2.24. The molecule has 5 nitrogen and oxygen atoms in total. The fourth-order valence-electron chi connectivity index (χ4n) is 2.05. The fourth-order valence-corrected chi connectivity index (χ4v) is 2.05. The molecule has 0 aromatic carbocycles. The summed E-state index contributed by atoms with van der Waals surface area (Å²) in [5.41, 5.74) is 0.975. The minimum Gasteiger partial charge on any atom is -0.481 e. The summed E-state index contributed by atoms with van der Waals surface area (Å²) >= 11 is 0. The molecule has 1 fully saturated rings. The van der Waals surface area contributed by atoms with Crippen molar-refractivity contribution in [1.29, 1.82) is 0 Å². The van der Waals surface area contributed by atoms with Gasteiger partial charge < -0.3 is 9.84 Å². The number of nitrogens with zero attached hydrogens (tertiary/aromatic N) is 2. The number of aryl methyl sites for hydroxylation is 1. The number of carbonyl (C=O) groups is 1. The van der Waals surface area contributed by atoms with E-state index in [-0.39, 0.29) is 12.5 Å². The smallest absolute Gasteiger partial charge is 0.303 e. The number of hydrogen-bond acceptors (Lipinski definition) is 3. The highest BCUT2D eigenvalue weighted by Gasteiger charge is 2.14. The van der Waals surface area contributed by atoms with Gasteiger partial charge in [0, 0.05) is 19.2 Å². The zero-order valence-corrected chi connectivity index (χ0v) is 9.84. The summed E-state index contributed by atoms with van der Waals surface area (Å²) in [6.07, 6.45) is 8.08. The number of aliphatic carboxylic acids is 1. The maximum Gasteiger partial charge on any atom is 0.303 e. The van der Waals surface area contributed by atoms with Gasteiger partial charge in [0.2, 0.25) is 0 Å². The molecule has 5 heteroatoms.